The van der Waals surface area contributed by atoms with Gasteiger partial charge >= 0.3 is 0 Å². The number of amides is 1. The summed E-state index contributed by atoms with van der Waals surface area (Å²) in [5.74, 6) is -0.659. The zero-order chi connectivity index (χ0) is 20.3. The van der Waals surface area contributed by atoms with E-state index in [-0.39, 0.29) is 24.1 Å². The highest BCUT2D eigenvalue weighted by atomic mass is 19.1. The second-order valence-electron chi connectivity index (χ2n) is 7.06. The SMILES string of the molecule is CC(C)(CCn1cc(F)c(-c2ccc(-c3ncco3)cc2)cc1=O)C(=O)NO. The van der Waals surface area contributed by atoms with E-state index in [0.717, 1.165) is 11.8 Å². The molecule has 0 aliphatic heterocycles. The highest BCUT2D eigenvalue weighted by Gasteiger charge is 2.27. The molecule has 2 N–H and O–H groups in total. The molecule has 146 valence electrons. The van der Waals surface area contributed by atoms with E-state index in [4.69, 9.17) is 9.62 Å². The summed E-state index contributed by atoms with van der Waals surface area (Å²) in [5, 5.41) is 8.77. The number of oxazole rings is 1. The summed E-state index contributed by atoms with van der Waals surface area (Å²) >= 11 is 0. The topological polar surface area (TPSA) is 97.4 Å². The van der Waals surface area contributed by atoms with Crippen molar-refractivity contribution in [2.24, 2.45) is 5.41 Å². The molecule has 2 aromatic heterocycles. The molecule has 0 saturated carbocycles. The maximum Gasteiger partial charge on any atom is 0.251 e. The summed E-state index contributed by atoms with van der Waals surface area (Å²) in [4.78, 5) is 28.1. The van der Waals surface area contributed by atoms with Crippen LogP contribution in [0.2, 0.25) is 0 Å². The van der Waals surface area contributed by atoms with Crippen LogP contribution >= 0.6 is 0 Å². The number of aromatic nitrogens is 2. The largest absolute Gasteiger partial charge is 0.445 e. The van der Waals surface area contributed by atoms with Crippen molar-refractivity contribution >= 4 is 5.91 Å². The molecular formula is C20H20FN3O4. The molecule has 1 amide bonds. The fourth-order valence-electron chi connectivity index (χ4n) is 2.76. The minimum atomic E-state index is -0.904. The van der Waals surface area contributed by atoms with Crippen LogP contribution in [-0.4, -0.2) is 20.7 Å². The predicted molar refractivity (Wildman–Crippen MR) is 99.9 cm³/mol. The molecule has 3 aromatic rings. The minimum absolute atomic E-state index is 0.138. The molecule has 1 aromatic carbocycles. The van der Waals surface area contributed by atoms with Crippen molar-refractivity contribution in [2.75, 3.05) is 0 Å². The normalized spacial score (nSPS) is 11.4. The third kappa shape index (κ3) is 4.01. The average Bonchev–Trinajstić information content (AvgIpc) is 3.22. The smallest absolute Gasteiger partial charge is 0.251 e. The summed E-state index contributed by atoms with van der Waals surface area (Å²) in [6, 6.07) is 8.09. The van der Waals surface area contributed by atoms with Gasteiger partial charge in [-0.3, -0.25) is 14.8 Å². The van der Waals surface area contributed by atoms with E-state index in [2.05, 4.69) is 4.98 Å². The Kier molecular flexibility index (Phi) is 5.41. The van der Waals surface area contributed by atoms with Gasteiger partial charge in [0.15, 0.2) is 0 Å². The fourth-order valence-corrected chi connectivity index (χ4v) is 2.76. The lowest BCUT2D eigenvalue weighted by Crippen LogP contribution is -2.36. The number of hydroxylamine groups is 1. The Morgan fingerprint density at radius 1 is 1.29 bits per heavy atom. The number of nitrogens with one attached hydrogen (secondary N) is 1. The van der Waals surface area contributed by atoms with Gasteiger partial charge in [-0.15, -0.1) is 0 Å². The molecule has 7 nitrogen and oxygen atoms in total. The van der Waals surface area contributed by atoms with Gasteiger partial charge in [0.05, 0.1) is 6.20 Å². The average molecular weight is 385 g/mol. The van der Waals surface area contributed by atoms with Gasteiger partial charge in [-0.2, -0.15) is 0 Å². The number of carbonyl (C=O) groups excluding carboxylic acids is 1. The van der Waals surface area contributed by atoms with Crippen molar-refractivity contribution in [3.8, 4) is 22.6 Å². The van der Waals surface area contributed by atoms with Crippen LogP contribution in [0.3, 0.4) is 0 Å². The van der Waals surface area contributed by atoms with Crippen LogP contribution in [0.15, 0.2) is 58.2 Å². The van der Waals surface area contributed by atoms with Crippen LogP contribution in [-0.2, 0) is 11.3 Å². The van der Waals surface area contributed by atoms with E-state index in [1.54, 1.807) is 43.6 Å². The molecule has 0 atom stereocenters. The number of hydrogen-bond donors (Lipinski definition) is 2. The van der Waals surface area contributed by atoms with Crippen LogP contribution in [0, 0.1) is 11.2 Å². The Morgan fingerprint density at radius 2 is 1.96 bits per heavy atom. The summed E-state index contributed by atoms with van der Waals surface area (Å²) in [5.41, 5.74) is 1.80. The van der Waals surface area contributed by atoms with Gasteiger partial charge in [0, 0.05) is 35.3 Å². The second-order valence-corrected chi connectivity index (χ2v) is 7.06. The first-order chi connectivity index (χ1) is 13.3. The molecule has 0 fully saturated rings. The third-order valence-corrected chi connectivity index (χ3v) is 4.65. The molecule has 28 heavy (non-hydrogen) atoms. The van der Waals surface area contributed by atoms with Gasteiger partial charge in [0.1, 0.15) is 12.1 Å². The zero-order valence-electron chi connectivity index (χ0n) is 15.5. The Morgan fingerprint density at radius 3 is 2.57 bits per heavy atom. The Balaban J connectivity index is 1.82. The highest BCUT2D eigenvalue weighted by Crippen LogP contribution is 2.26. The quantitative estimate of drug-likeness (QED) is 0.502. The summed E-state index contributed by atoms with van der Waals surface area (Å²) in [7, 11) is 0. The first-order valence-electron chi connectivity index (χ1n) is 8.66. The molecular weight excluding hydrogens is 365 g/mol. The molecule has 0 radical (unpaired) electrons. The Hall–Kier alpha value is -3.26. The van der Waals surface area contributed by atoms with Crippen LogP contribution in [0.1, 0.15) is 20.3 Å². The van der Waals surface area contributed by atoms with Crippen LogP contribution in [0.5, 0.6) is 0 Å². The van der Waals surface area contributed by atoms with Crippen molar-refractivity contribution in [1.82, 2.24) is 15.0 Å². The lowest BCUT2D eigenvalue weighted by atomic mass is 9.88. The van der Waals surface area contributed by atoms with E-state index in [9.17, 15) is 14.0 Å². The van der Waals surface area contributed by atoms with Crippen molar-refractivity contribution in [1.29, 1.82) is 0 Å². The van der Waals surface area contributed by atoms with Crippen molar-refractivity contribution in [2.45, 2.75) is 26.8 Å². The fraction of sp³-hybridized carbons (Fsp3) is 0.250. The standard InChI is InChI=1S/C20H20FN3O4/c1-20(2,19(26)23-27)7-9-24-12-16(21)15(11-17(24)25)13-3-5-14(6-4-13)18-22-8-10-28-18/h3-6,8,10-12,27H,7,9H2,1-2H3,(H,23,26). The molecule has 3 rings (SSSR count). The molecule has 0 aliphatic carbocycles. The molecule has 0 unspecified atom stereocenters. The van der Waals surface area contributed by atoms with E-state index < -0.39 is 17.1 Å². The number of carbonyl (C=O) groups is 1. The zero-order valence-corrected chi connectivity index (χ0v) is 15.5. The second kappa shape index (κ2) is 7.77. The molecule has 0 aliphatic rings. The number of rotatable bonds is 6. The Labute approximate surface area is 160 Å². The van der Waals surface area contributed by atoms with Gasteiger partial charge < -0.3 is 8.98 Å². The number of benzene rings is 1. The van der Waals surface area contributed by atoms with E-state index in [0.29, 0.717) is 11.5 Å². The Bertz CT molecular complexity index is 1020. The van der Waals surface area contributed by atoms with Gasteiger partial charge in [0.25, 0.3) is 5.56 Å². The number of halogens is 1. The number of pyridine rings is 1. The van der Waals surface area contributed by atoms with E-state index >= 15 is 0 Å². The third-order valence-electron chi connectivity index (χ3n) is 4.65. The first kappa shape index (κ1) is 19.5. The monoisotopic (exact) mass is 385 g/mol. The molecule has 8 heteroatoms. The molecule has 2 heterocycles. The van der Waals surface area contributed by atoms with Crippen molar-refractivity contribution in [3.05, 3.63) is 65.2 Å². The van der Waals surface area contributed by atoms with Crippen LogP contribution in [0.4, 0.5) is 4.39 Å². The first-order valence-corrected chi connectivity index (χ1v) is 8.66. The summed E-state index contributed by atoms with van der Waals surface area (Å²) in [6.45, 7) is 3.40. The summed E-state index contributed by atoms with van der Waals surface area (Å²) < 4.78 is 21.1. The predicted octanol–water partition coefficient (Wildman–Crippen LogP) is 3.23. The van der Waals surface area contributed by atoms with Gasteiger partial charge in [-0.05, 0) is 24.1 Å². The number of hydrogen-bond acceptors (Lipinski definition) is 5. The summed E-state index contributed by atoms with van der Waals surface area (Å²) in [6.07, 6.45) is 4.39. The van der Waals surface area contributed by atoms with Gasteiger partial charge in [-0.1, -0.05) is 26.0 Å². The van der Waals surface area contributed by atoms with Gasteiger partial charge in [0.2, 0.25) is 11.8 Å². The molecule has 0 spiro atoms. The maximum absolute atomic E-state index is 14.6. The molecule has 0 bridgehead atoms. The van der Waals surface area contributed by atoms with E-state index in [1.807, 2.05) is 0 Å². The number of aryl methyl sites for hydroxylation is 1. The van der Waals surface area contributed by atoms with Gasteiger partial charge in [-0.25, -0.2) is 14.9 Å². The number of nitrogens with zero attached hydrogens (tertiary/aromatic N) is 2. The van der Waals surface area contributed by atoms with Crippen LogP contribution < -0.4 is 11.0 Å². The maximum atomic E-state index is 14.6. The minimum Gasteiger partial charge on any atom is -0.445 e. The van der Waals surface area contributed by atoms with Crippen molar-refractivity contribution < 1.29 is 18.8 Å². The highest BCUT2D eigenvalue weighted by molar-refractivity contribution is 5.80. The van der Waals surface area contributed by atoms with Crippen molar-refractivity contribution in [3.63, 3.8) is 0 Å². The van der Waals surface area contributed by atoms with Crippen LogP contribution in [0.25, 0.3) is 22.6 Å². The van der Waals surface area contributed by atoms with E-state index in [1.165, 1.54) is 23.1 Å². The molecule has 0 saturated heterocycles. The lowest BCUT2D eigenvalue weighted by Gasteiger charge is -2.22. The lowest BCUT2D eigenvalue weighted by molar-refractivity contribution is -0.138.